The predicted octanol–water partition coefficient (Wildman–Crippen LogP) is 3.22. The standard InChI is InChI=1S/C14H22N2O4/c1-10(2)20-14-8-12(7-13(9-14)16(17)18)15-11(3)5-6-19-4/h7-11,15H,5-6H2,1-4H3. The molecular weight excluding hydrogens is 260 g/mol. The van der Waals surface area contributed by atoms with Gasteiger partial charge in [0.2, 0.25) is 0 Å². The van der Waals surface area contributed by atoms with Gasteiger partial charge < -0.3 is 14.8 Å². The number of nitro benzene ring substituents is 1. The Morgan fingerprint density at radius 3 is 2.55 bits per heavy atom. The van der Waals surface area contributed by atoms with Crippen LogP contribution in [0.3, 0.4) is 0 Å². The zero-order valence-corrected chi connectivity index (χ0v) is 12.4. The second-order valence-corrected chi connectivity index (χ2v) is 4.97. The van der Waals surface area contributed by atoms with Crippen LogP contribution < -0.4 is 10.1 Å². The van der Waals surface area contributed by atoms with E-state index in [0.29, 0.717) is 18.0 Å². The summed E-state index contributed by atoms with van der Waals surface area (Å²) in [6.07, 6.45) is 0.787. The van der Waals surface area contributed by atoms with Gasteiger partial charge in [0.15, 0.2) is 0 Å². The molecule has 1 N–H and O–H groups in total. The second kappa shape index (κ2) is 7.69. The number of non-ortho nitro benzene ring substituents is 1. The molecule has 0 aliphatic carbocycles. The lowest BCUT2D eigenvalue weighted by molar-refractivity contribution is -0.384. The molecule has 1 rings (SSSR count). The molecule has 0 heterocycles. The van der Waals surface area contributed by atoms with Crippen LogP contribution in [0.2, 0.25) is 0 Å². The normalized spacial score (nSPS) is 12.2. The Morgan fingerprint density at radius 2 is 2.00 bits per heavy atom. The largest absolute Gasteiger partial charge is 0.491 e. The van der Waals surface area contributed by atoms with E-state index in [4.69, 9.17) is 9.47 Å². The number of nitrogens with one attached hydrogen (secondary N) is 1. The van der Waals surface area contributed by atoms with Gasteiger partial charge in [-0.2, -0.15) is 0 Å². The first-order valence-corrected chi connectivity index (χ1v) is 6.64. The van der Waals surface area contributed by atoms with Gasteiger partial charge >= 0.3 is 0 Å². The molecule has 6 nitrogen and oxygen atoms in total. The van der Waals surface area contributed by atoms with Gasteiger partial charge in [-0.05, 0) is 27.2 Å². The lowest BCUT2D eigenvalue weighted by atomic mass is 10.2. The minimum Gasteiger partial charge on any atom is -0.491 e. The highest BCUT2D eigenvalue weighted by atomic mass is 16.6. The molecular formula is C14H22N2O4. The van der Waals surface area contributed by atoms with Crippen LogP contribution in [-0.2, 0) is 4.74 Å². The minimum atomic E-state index is -0.418. The third-order valence-electron chi connectivity index (χ3n) is 2.64. The van der Waals surface area contributed by atoms with Crippen molar-refractivity contribution in [3.05, 3.63) is 28.3 Å². The van der Waals surface area contributed by atoms with Crippen molar-refractivity contribution in [3.8, 4) is 5.75 Å². The fraction of sp³-hybridized carbons (Fsp3) is 0.571. The molecule has 0 radical (unpaired) electrons. The van der Waals surface area contributed by atoms with Crippen molar-refractivity contribution in [3.63, 3.8) is 0 Å². The number of rotatable bonds is 8. The zero-order valence-electron chi connectivity index (χ0n) is 12.4. The highest BCUT2D eigenvalue weighted by Crippen LogP contribution is 2.27. The molecule has 1 atom stereocenters. The van der Waals surface area contributed by atoms with E-state index in [1.807, 2.05) is 20.8 Å². The number of anilines is 1. The molecule has 0 amide bonds. The van der Waals surface area contributed by atoms with E-state index in [2.05, 4.69) is 5.32 Å². The molecule has 112 valence electrons. The quantitative estimate of drug-likeness (QED) is 0.585. The van der Waals surface area contributed by atoms with Crippen LogP contribution in [0.4, 0.5) is 11.4 Å². The van der Waals surface area contributed by atoms with Crippen LogP contribution in [-0.4, -0.2) is 30.8 Å². The molecule has 0 saturated heterocycles. The highest BCUT2D eigenvalue weighted by molar-refractivity contribution is 5.56. The fourth-order valence-electron chi connectivity index (χ4n) is 1.76. The smallest absolute Gasteiger partial charge is 0.275 e. The fourth-order valence-corrected chi connectivity index (χ4v) is 1.76. The first-order chi connectivity index (χ1) is 9.42. The third-order valence-corrected chi connectivity index (χ3v) is 2.64. The number of benzene rings is 1. The molecule has 0 bridgehead atoms. The molecule has 20 heavy (non-hydrogen) atoms. The van der Waals surface area contributed by atoms with E-state index in [-0.39, 0.29) is 17.8 Å². The zero-order chi connectivity index (χ0) is 15.1. The Hall–Kier alpha value is -1.82. The number of methoxy groups -OCH3 is 1. The van der Waals surface area contributed by atoms with Crippen molar-refractivity contribution < 1.29 is 14.4 Å². The van der Waals surface area contributed by atoms with Crippen molar-refractivity contribution in [2.45, 2.75) is 39.3 Å². The Labute approximate surface area is 119 Å². The Bertz CT molecular complexity index is 449. The molecule has 0 spiro atoms. The number of nitro groups is 1. The summed E-state index contributed by atoms with van der Waals surface area (Å²) in [6, 6.07) is 4.88. The summed E-state index contributed by atoms with van der Waals surface area (Å²) in [6.45, 7) is 6.40. The maximum atomic E-state index is 11.0. The summed E-state index contributed by atoms with van der Waals surface area (Å²) in [5, 5.41) is 14.2. The minimum absolute atomic E-state index is 0.0181. The number of nitrogens with zero attached hydrogens (tertiary/aromatic N) is 1. The first-order valence-electron chi connectivity index (χ1n) is 6.64. The summed E-state index contributed by atoms with van der Waals surface area (Å²) in [7, 11) is 1.65. The van der Waals surface area contributed by atoms with Gasteiger partial charge in [-0.3, -0.25) is 10.1 Å². The van der Waals surface area contributed by atoms with Crippen molar-refractivity contribution in [2.24, 2.45) is 0 Å². The summed E-state index contributed by atoms with van der Waals surface area (Å²) in [4.78, 5) is 10.5. The molecule has 0 saturated carbocycles. The second-order valence-electron chi connectivity index (χ2n) is 4.97. The van der Waals surface area contributed by atoms with Crippen LogP contribution in [0.15, 0.2) is 18.2 Å². The molecule has 6 heteroatoms. The molecule has 0 aromatic heterocycles. The number of hydrogen-bond acceptors (Lipinski definition) is 5. The Kier molecular flexibility index (Phi) is 6.24. The summed E-state index contributed by atoms with van der Waals surface area (Å²) in [5.74, 6) is 0.496. The van der Waals surface area contributed by atoms with E-state index < -0.39 is 4.92 Å². The monoisotopic (exact) mass is 282 g/mol. The lowest BCUT2D eigenvalue weighted by Gasteiger charge is -2.16. The third kappa shape index (κ3) is 5.44. The molecule has 1 aromatic rings. The number of ether oxygens (including phenoxy) is 2. The molecule has 0 aliphatic heterocycles. The maximum absolute atomic E-state index is 11.0. The molecule has 1 aromatic carbocycles. The summed E-state index contributed by atoms with van der Waals surface area (Å²) in [5.41, 5.74) is 0.697. The van der Waals surface area contributed by atoms with Crippen LogP contribution in [0.25, 0.3) is 0 Å². The topological polar surface area (TPSA) is 73.6 Å². The van der Waals surface area contributed by atoms with E-state index >= 15 is 0 Å². The van der Waals surface area contributed by atoms with Crippen molar-refractivity contribution in [2.75, 3.05) is 19.0 Å². The highest BCUT2D eigenvalue weighted by Gasteiger charge is 2.13. The predicted molar refractivity (Wildman–Crippen MR) is 78.4 cm³/mol. The van der Waals surface area contributed by atoms with Crippen LogP contribution in [0.5, 0.6) is 5.75 Å². The molecule has 0 aliphatic rings. The van der Waals surface area contributed by atoms with E-state index in [1.54, 1.807) is 13.2 Å². The first kappa shape index (κ1) is 16.2. The lowest BCUT2D eigenvalue weighted by Crippen LogP contribution is -2.17. The Balaban J connectivity index is 2.88. The van der Waals surface area contributed by atoms with E-state index in [0.717, 1.165) is 6.42 Å². The van der Waals surface area contributed by atoms with Gasteiger partial charge in [0.25, 0.3) is 5.69 Å². The summed E-state index contributed by atoms with van der Waals surface area (Å²) < 4.78 is 10.6. The van der Waals surface area contributed by atoms with Crippen LogP contribution in [0, 0.1) is 10.1 Å². The Morgan fingerprint density at radius 1 is 1.30 bits per heavy atom. The number of hydrogen-bond donors (Lipinski definition) is 1. The average molecular weight is 282 g/mol. The SMILES string of the molecule is COCCC(C)Nc1cc(OC(C)C)cc([N+](=O)[O-])c1. The van der Waals surface area contributed by atoms with Crippen LogP contribution >= 0.6 is 0 Å². The average Bonchev–Trinajstić information content (AvgIpc) is 2.35. The molecule has 0 fully saturated rings. The van der Waals surface area contributed by atoms with Gasteiger partial charge in [0.1, 0.15) is 5.75 Å². The van der Waals surface area contributed by atoms with Gasteiger partial charge in [-0.1, -0.05) is 0 Å². The van der Waals surface area contributed by atoms with Crippen molar-refractivity contribution in [1.82, 2.24) is 0 Å². The van der Waals surface area contributed by atoms with Gasteiger partial charge in [0.05, 0.1) is 17.1 Å². The van der Waals surface area contributed by atoms with Crippen molar-refractivity contribution in [1.29, 1.82) is 0 Å². The van der Waals surface area contributed by atoms with Gasteiger partial charge in [-0.25, -0.2) is 0 Å². The van der Waals surface area contributed by atoms with E-state index in [1.165, 1.54) is 12.1 Å². The van der Waals surface area contributed by atoms with E-state index in [9.17, 15) is 10.1 Å². The van der Waals surface area contributed by atoms with Crippen LogP contribution in [0.1, 0.15) is 27.2 Å². The maximum Gasteiger partial charge on any atom is 0.275 e. The van der Waals surface area contributed by atoms with Gasteiger partial charge in [0, 0.05) is 37.6 Å². The van der Waals surface area contributed by atoms with Crippen molar-refractivity contribution >= 4 is 11.4 Å². The summed E-state index contributed by atoms with van der Waals surface area (Å²) >= 11 is 0. The molecule has 1 unspecified atom stereocenters. The van der Waals surface area contributed by atoms with Gasteiger partial charge in [-0.15, -0.1) is 0 Å².